The Balaban J connectivity index is 0.000000574. The monoisotopic (exact) mass is 894 g/mol. The van der Waals surface area contributed by atoms with Gasteiger partial charge in [-0.1, -0.05) is 148 Å². The summed E-state index contributed by atoms with van der Waals surface area (Å²) in [5, 5.41) is 7.37. The van der Waals surface area contributed by atoms with E-state index in [9.17, 15) is 24.0 Å². The lowest BCUT2D eigenvalue weighted by Crippen LogP contribution is -2.57. The number of hydrogen-bond acceptors (Lipinski definition) is 10. The van der Waals surface area contributed by atoms with E-state index in [1.54, 1.807) is 12.0 Å². The largest absolute Gasteiger partial charge is 0.449 e. The third kappa shape index (κ3) is 11.4. The summed E-state index contributed by atoms with van der Waals surface area (Å²) < 4.78 is 11.7. The van der Waals surface area contributed by atoms with E-state index in [0.29, 0.717) is 31.7 Å². The van der Waals surface area contributed by atoms with E-state index in [0.717, 1.165) is 58.4 Å². The molecule has 1 N–H and O–H groups in total. The zero-order valence-electron chi connectivity index (χ0n) is 38.7. The van der Waals surface area contributed by atoms with Crippen LogP contribution >= 0.6 is 0 Å². The molecule has 66 heavy (non-hydrogen) atoms. The Morgan fingerprint density at radius 1 is 0.909 bits per heavy atom. The molecular formula is C54H62N4O8. The number of carbonyl (C=O) groups excluding carboxylic acids is 5. The van der Waals surface area contributed by atoms with Crippen molar-refractivity contribution in [1.29, 1.82) is 0 Å². The molecule has 2 amide bonds. The van der Waals surface area contributed by atoms with E-state index in [1.165, 1.54) is 6.08 Å². The highest BCUT2D eigenvalue weighted by Gasteiger charge is 2.55. The van der Waals surface area contributed by atoms with Crippen LogP contribution in [-0.4, -0.2) is 84.3 Å². The van der Waals surface area contributed by atoms with Gasteiger partial charge in [-0.3, -0.25) is 14.4 Å². The number of fused-ring (bicyclic) bond motifs is 3. The lowest BCUT2D eigenvalue weighted by Gasteiger charge is -2.35. The number of alkyl carbamates (subject to hydrolysis) is 1. The topological polar surface area (TPSA) is 153 Å². The van der Waals surface area contributed by atoms with Crippen molar-refractivity contribution in [3.8, 4) is 11.1 Å². The Bertz CT molecular complexity index is 2380. The number of aliphatic imine (C=N–C) groups is 1. The molecule has 12 nitrogen and oxygen atoms in total. The van der Waals surface area contributed by atoms with Gasteiger partial charge in [-0.15, -0.1) is 0 Å². The fraction of sp³-hybridized carbons (Fsp3) is 0.444. The van der Waals surface area contributed by atoms with Gasteiger partial charge in [0, 0.05) is 38.7 Å². The van der Waals surface area contributed by atoms with E-state index in [-0.39, 0.29) is 49.4 Å². The second kappa shape index (κ2) is 21.4. The number of nitrogens with one attached hydrogen (secondary N) is 1. The fourth-order valence-corrected chi connectivity index (χ4v) is 9.68. The van der Waals surface area contributed by atoms with Crippen LogP contribution in [0.2, 0.25) is 0 Å². The van der Waals surface area contributed by atoms with Crippen molar-refractivity contribution >= 4 is 35.4 Å². The van der Waals surface area contributed by atoms with Crippen LogP contribution in [0.1, 0.15) is 107 Å². The number of carbonyl (C=O) groups is 4. The highest BCUT2D eigenvalue weighted by molar-refractivity contribution is 6.02. The average Bonchev–Trinajstić information content (AvgIpc) is 3.77. The Kier molecular flexibility index (Phi) is 15.5. The van der Waals surface area contributed by atoms with Gasteiger partial charge in [-0.05, 0) is 69.9 Å². The standard InChI is InChI=1S/C46H55N3O7.C8H7NO/c1-6-14-31(41(54-5)40(51)23-29-21-22-29)24-39(50)38-26-46(25-37(48-56-46)30-15-8-7-9-16-30)28-49(38)43(52)42(45(2,3)4)47-44(53)55-27-36-34-19-12-10-17-32(34)33-18-11-13-20-35(33)36;10-7-9-6-8-4-2-1-3-5-8/h7-13,15-20,29,31,36,38,41-42H,6,14,21-28H2,1-5H3,(H,47,53);1-5H,6H2/t31-,38+,41?,42-,46-;/m1./s1. The molecule has 0 aromatic heterocycles. The van der Waals surface area contributed by atoms with Gasteiger partial charge in [0.1, 0.15) is 18.8 Å². The second-order valence-electron chi connectivity index (χ2n) is 19.2. The minimum atomic E-state index is -1.02. The number of hydrogen-bond donors (Lipinski definition) is 1. The van der Waals surface area contributed by atoms with Crippen LogP contribution in [0.4, 0.5) is 4.79 Å². The number of amides is 2. The molecule has 0 radical (unpaired) electrons. The number of rotatable bonds is 17. The van der Waals surface area contributed by atoms with Gasteiger partial charge in [0.25, 0.3) is 0 Å². The molecule has 2 heterocycles. The van der Waals surface area contributed by atoms with Gasteiger partial charge >= 0.3 is 6.09 Å². The quantitative estimate of drug-likeness (QED) is 0.0813. The number of methoxy groups -OCH3 is 1. The zero-order valence-corrected chi connectivity index (χ0v) is 38.7. The van der Waals surface area contributed by atoms with Crippen molar-refractivity contribution in [2.24, 2.45) is 27.4 Å². The normalized spacial score (nSPS) is 19.7. The number of Topliss-reactive ketones (excluding diaryl/α,β-unsaturated/α-hetero) is 2. The van der Waals surface area contributed by atoms with Gasteiger partial charge in [0.05, 0.1) is 24.8 Å². The van der Waals surface area contributed by atoms with Crippen molar-refractivity contribution in [2.45, 2.75) is 115 Å². The molecule has 1 unspecified atom stereocenters. The second-order valence-corrected chi connectivity index (χ2v) is 19.2. The van der Waals surface area contributed by atoms with Crippen molar-refractivity contribution < 1.29 is 38.3 Å². The molecule has 4 aromatic carbocycles. The number of oxime groups is 1. The van der Waals surface area contributed by atoms with E-state index < -0.39 is 41.2 Å². The molecular weight excluding hydrogens is 833 g/mol. The third-order valence-electron chi connectivity index (χ3n) is 13.2. The van der Waals surface area contributed by atoms with Crippen LogP contribution in [0.15, 0.2) is 119 Å². The minimum absolute atomic E-state index is 0.0391. The average molecular weight is 895 g/mol. The smallest absolute Gasteiger partial charge is 0.407 e. The molecule has 4 aromatic rings. The van der Waals surface area contributed by atoms with Crippen molar-refractivity contribution in [2.75, 3.05) is 20.3 Å². The van der Waals surface area contributed by atoms with Gasteiger partial charge < -0.3 is 24.5 Å². The van der Waals surface area contributed by atoms with Crippen LogP contribution < -0.4 is 5.32 Å². The molecule has 4 aliphatic rings. The van der Waals surface area contributed by atoms with Crippen molar-refractivity contribution in [3.63, 3.8) is 0 Å². The molecule has 8 rings (SSSR count). The lowest BCUT2D eigenvalue weighted by atomic mass is 9.84. The predicted octanol–water partition coefficient (Wildman–Crippen LogP) is 9.39. The summed E-state index contributed by atoms with van der Waals surface area (Å²) in [6.45, 7) is 8.35. The number of isocyanates is 1. The maximum atomic E-state index is 14.9. The SMILES string of the molecule is CCC[C@H](CC(=O)[C@@H]1C[C@]2(CC(c3ccccc3)=NO2)CN1C(=O)[C@@H](NC(=O)OCC1c2ccccc2-c2ccccc21)C(C)(C)C)C(OC)C(=O)CC1CC1.O=C=NCc1ccccc1. The molecule has 0 bridgehead atoms. The summed E-state index contributed by atoms with van der Waals surface area (Å²) in [4.78, 5) is 77.4. The minimum Gasteiger partial charge on any atom is -0.449 e. The zero-order chi connectivity index (χ0) is 46.8. The number of ketones is 2. The highest BCUT2D eigenvalue weighted by Crippen LogP contribution is 2.45. The predicted molar refractivity (Wildman–Crippen MR) is 252 cm³/mol. The first-order valence-electron chi connectivity index (χ1n) is 23.2. The first kappa shape index (κ1) is 47.7. The molecule has 12 heteroatoms. The van der Waals surface area contributed by atoms with E-state index in [2.05, 4.69) is 39.7 Å². The van der Waals surface area contributed by atoms with Crippen molar-refractivity contribution in [3.05, 3.63) is 131 Å². The third-order valence-corrected chi connectivity index (χ3v) is 13.2. The maximum Gasteiger partial charge on any atom is 0.407 e. The molecule has 2 aliphatic carbocycles. The van der Waals surface area contributed by atoms with Gasteiger partial charge in [-0.25, -0.2) is 14.6 Å². The molecule has 2 fully saturated rings. The summed E-state index contributed by atoms with van der Waals surface area (Å²) in [5.74, 6) is -0.567. The summed E-state index contributed by atoms with van der Waals surface area (Å²) in [6, 6.07) is 33.7. The van der Waals surface area contributed by atoms with E-state index in [1.807, 2.05) is 113 Å². The van der Waals surface area contributed by atoms with Crippen LogP contribution in [0, 0.1) is 17.3 Å². The Morgan fingerprint density at radius 2 is 1.53 bits per heavy atom. The Hall–Kier alpha value is -6.23. The highest BCUT2D eigenvalue weighted by atomic mass is 16.7. The summed E-state index contributed by atoms with van der Waals surface area (Å²) in [6.07, 6.45) is 4.82. The van der Waals surface area contributed by atoms with Crippen molar-refractivity contribution in [1.82, 2.24) is 10.2 Å². The van der Waals surface area contributed by atoms with E-state index >= 15 is 0 Å². The lowest BCUT2D eigenvalue weighted by molar-refractivity contribution is -0.143. The summed E-state index contributed by atoms with van der Waals surface area (Å²) >= 11 is 0. The van der Waals surface area contributed by atoms with Gasteiger partial charge in [0.15, 0.2) is 17.2 Å². The number of nitrogens with zero attached hydrogens (tertiary/aromatic N) is 3. The first-order chi connectivity index (χ1) is 31.8. The van der Waals surface area contributed by atoms with E-state index in [4.69, 9.17) is 14.3 Å². The molecule has 1 spiro atoms. The molecule has 1 saturated heterocycles. The molecule has 346 valence electrons. The number of likely N-dealkylation sites (tertiary alicyclic amines) is 1. The van der Waals surface area contributed by atoms with Crippen LogP contribution in [0.5, 0.6) is 0 Å². The van der Waals surface area contributed by atoms with Crippen LogP contribution in [0.3, 0.4) is 0 Å². The van der Waals surface area contributed by atoms with Gasteiger partial charge in [0.2, 0.25) is 12.0 Å². The number of benzene rings is 4. The molecule has 1 saturated carbocycles. The summed E-state index contributed by atoms with van der Waals surface area (Å²) in [5.41, 5.74) is 5.47. The maximum absolute atomic E-state index is 14.9. The number of ether oxygens (including phenoxy) is 2. The Labute approximate surface area is 388 Å². The summed E-state index contributed by atoms with van der Waals surface area (Å²) in [7, 11) is 1.54. The van der Waals surface area contributed by atoms with Crippen LogP contribution in [0.25, 0.3) is 11.1 Å². The Morgan fingerprint density at radius 3 is 2.12 bits per heavy atom. The molecule has 2 aliphatic heterocycles. The van der Waals surface area contributed by atoms with Gasteiger partial charge in [-0.2, -0.15) is 0 Å². The first-order valence-corrected chi connectivity index (χ1v) is 23.2. The fourth-order valence-electron chi connectivity index (χ4n) is 9.68. The van der Waals surface area contributed by atoms with Crippen LogP contribution in [-0.2, 0) is 40.0 Å². The molecule has 5 atom stereocenters.